The molecule has 0 bridgehead atoms. The van der Waals surface area contributed by atoms with Crippen molar-refractivity contribution in [2.24, 2.45) is 0 Å². The van der Waals surface area contributed by atoms with Gasteiger partial charge in [-0.3, -0.25) is 19.3 Å². The number of fused-ring (bicyclic) bond motifs is 1. The van der Waals surface area contributed by atoms with Gasteiger partial charge in [-0.2, -0.15) is 0 Å². The molecule has 4 rings (SSSR count). The van der Waals surface area contributed by atoms with Crippen LogP contribution in [0.5, 0.6) is 0 Å². The molecule has 26 heavy (non-hydrogen) atoms. The van der Waals surface area contributed by atoms with Crippen LogP contribution in [-0.2, 0) is 4.74 Å². The van der Waals surface area contributed by atoms with E-state index in [-0.39, 0.29) is 29.9 Å². The molecule has 1 aromatic rings. The number of nitrogens with zero attached hydrogens (tertiary/aromatic N) is 2. The third kappa shape index (κ3) is 2.82. The Morgan fingerprint density at radius 1 is 1.04 bits per heavy atom. The molecule has 2 fully saturated rings. The fourth-order valence-corrected chi connectivity index (χ4v) is 4.35. The zero-order valence-electron chi connectivity index (χ0n) is 15.1. The van der Waals surface area contributed by atoms with Crippen LogP contribution in [0.1, 0.15) is 69.6 Å². The van der Waals surface area contributed by atoms with Gasteiger partial charge in [0.25, 0.3) is 17.7 Å². The Bertz CT molecular complexity index is 754. The van der Waals surface area contributed by atoms with E-state index >= 15 is 0 Å². The van der Waals surface area contributed by atoms with Crippen LogP contribution < -0.4 is 0 Å². The minimum Gasteiger partial charge on any atom is -0.380 e. The number of hydrogen-bond acceptors (Lipinski definition) is 4. The number of amides is 3. The van der Waals surface area contributed by atoms with Crippen molar-refractivity contribution in [1.82, 2.24) is 9.80 Å². The second-order valence-corrected chi connectivity index (χ2v) is 7.43. The molecule has 6 nitrogen and oxygen atoms in total. The number of benzene rings is 1. The van der Waals surface area contributed by atoms with Gasteiger partial charge in [-0.1, -0.05) is 19.3 Å². The first-order valence-electron chi connectivity index (χ1n) is 9.44. The van der Waals surface area contributed by atoms with Crippen molar-refractivity contribution in [2.45, 2.75) is 50.7 Å². The molecule has 0 radical (unpaired) electrons. The number of ether oxygens (including phenoxy) is 1. The fraction of sp³-hybridized carbons (Fsp3) is 0.550. The molecule has 1 saturated carbocycles. The smallest absolute Gasteiger partial charge is 0.261 e. The lowest BCUT2D eigenvalue weighted by Crippen LogP contribution is -2.40. The highest BCUT2D eigenvalue weighted by atomic mass is 16.5. The summed E-state index contributed by atoms with van der Waals surface area (Å²) in [6.07, 6.45) is 5.91. The van der Waals surface area contributed by atoms with Crippen LogP contribution in [-0.4, -0.2) is 59.9 Å². The molecule has 0 spiro atoms. The lowest BCUT2D eigenvalue weighted by atomic mass is 9.94. The maximum atomic E-state index is 12.9. The number of rotatable bonds is 3. The Labute approximate surface area is 153 Å². The van der Waals surface area contributed by atoms with Gasteiger partial charge in [-0.15, -0.1) is 0 Å². The normalized spacial score (nSPS) is 23.7. The lowest BCUT2D eigenvalue weighted by Gasteiger charge is -2.29. The van der Waals surface area contributed by atoms with E-state index in [0.29, 0.717) is 29.8 Å². The summed E-state index contributed by atoms with van der Waals surface area (Å²) < 4.78 is 5.31. The zero-order chi connectivity index (χ0) is 18.3. The van der Waals surface area contributed by atoms with Gasteiger partial charge in [-0.05, 0) is 37.5 Å². The van der Waals surface area contributed by atoms with Gasteiger partial charge in [-0.25, -0.2) is 0 Å². The van der Waals surface area contributed by atoms with Crippen molar-refractivity contribution < 1.29 is 19.1 Å². The van der Waals surface area contributed by atoms with Gasteiger partial charge in [0.15, 0.2) is 0 Å². The highest BCUT2D eigenvalue weighted by molar-refractivity contribution is 6.22. The Hall–Kier alpha value is -2.21. The molecule has 1 aliphatic carbocycles. The van der Waals surface area contributed by atoms with Crippen molar-refractivity contribution >= 4 is 17.7 Å². The van der Waals surface area contributed by atoms with Crippen LogP contribution in [0, 0.1) is 0 Å². The van der Waals surface area contributed by atoms with Crippen LogP contribution in [0.25, 0.3) is 0 Å². The van der Waals surface area contributed by atoms with Crippen molar-refractivity contribution in [2.75, 3.05) is 20.2 Å². The van der Waals surface area contributed by atoms with E-state index < -0.39 is 0 Å². The minimum atomic E-state index is -0.247. The largest absolute Gasteiger partial charge is 0.380 e. The lowest BCUT2D eigenvalue weighted by molar-refractivity contribution is 0.0548. The van der Waals surface area contributed by atoms with Crippen molar-refractivity contribution in [3.8, 4) is 0 Å². The molecule has 2 aliphatic heterocycles. The van der Waals surface area contributed by atoms with E-state index in [2.05, 4.69) is 0 Å². The SMILES string of the molecule is COC1CCN(C(=O)c2ccc3c(c2)C(=O)N(C2CCCCC2)C3=O)C1. The van der Waals surface area contributed by atoms with Gasteiger partial charge >= 0.3 is 0 Å². The van der Waals surface area contributed by atoms with Crippen LogP contribution in [0.4, 0.5) is 0 Å². The molecule has 138 valence electrons. The Balaban J connectivity index is 1.57. The maximum absolute atomic E-state index is 12.9. The number of imide groups is 1. The molecule has 1 atom stereocenters. The number of likely N-dealkylation sites (tertiary alicyclic amines) is 1. The molecular formula is C20H24N2O4. The molecule has 2 heterocycles. The Morgan fingerprint density at radius 3 is 2.46 bits per heavy atom. The molecule has 3 aliphatic rings. The molecule has 6 heteroatoms. The molecule has 1 aromatic carbocycles. The summed E-state index contributed by atoms with van der Waals surface area (Å²) in [7, 11) is 1.65. The van der Waals surface area contributed by atoms with Gasteiger partial charge in [0.05, 0.1) is 17.2 Å². The second kappa shape index (κ2) is 6.83. The maximum Gasteiger partial charge on any atom is 0.261 e. The van der Waals surface area contributed by atoms with E-state index in [1.165, 1.54) is 4.90 Å². The quantitative estimate of drug-likeness (QED) is 0.781. The van der Waals surface area contributed by atoms with E-state index in [1.807, 2.05) is 0 Å². The topological polar surface area (TPSA) is 66.9 Å². The van der Waals surface area contributed by atoms with Crippen molar-refractivity contribution in [1.29, 1.82) is 0 Å². The average Bonchev–Trinajstić information content (AvgIpc) is 3.25. The van der Waals surface area contributed by atoms with Gasteiger partial charge in [0.2, 0.25) is 0 Å². The highest BCUT2D eigenvalue weighted by Gasteiger charge is 2.40. The van der Waals surface area contributed by atoms with Crippen LogP contribution >= 0.6 is 0 Å². The summed E-state index contributed by atoms with van der Waals surface area (Å²) in [5, 5.41) is 0. The zero-order valence-corrected chi connectivity index (χ0v) is 15.1. The number of carbonyl (C=O) groups excluding carboxylic acids is 3. The fourth-order valence-electron chi connectivity index (χ4n) is 4.35. The van der Waals surface area contributed by atoms with E-state index in [4.69, 9.17) is 4.74 Å². The number of methoxy groups -OCH3 is 1. The first-order chi connectivity index (χ1) is 12.6. The summed E-state index contributed by atoms with van der Waals surface area (Å²) in [5.41, 5.74) is 1.26. The summed E-state index contributed by atoms with van der Waals surface area (Å²) >= 11 is 0. The molecule has 3 amide bonds. The minimum absolute atomic E-state index is 0.00338. The number of hydrogen-bond donors (Lipinski definition) is 0. The third-order valence-corrected chi connectivity index (χ3v) is 5.87. The van der Waals surface area contributed by atoms with Crippen molar-refractivity contribution in [3.05, 3.63) is 34.9 Å². The van der Waals surface area contributed by atoms with Crippen LogP contribution in [0.2, 0.25) is 0 Å². The molecule has 0 N–H and O–H groups in total. The Morgan fingerprint density at radius 2 is 1.77 bits per heavy atom. The predicted molar refractivity (Wildman–Crippen MR) is 95.1 cm³/mol. The standard InChI is InChI=1S/C20H24N2O4/c1-26-15-9-10-21(12-15)18(23)13-7-8-16-17(11-13)20(25)22(19(16)24)14-5-3-2-4-6-14/h7-8,11,14-15H,2-6,9-10,12H2,1H3. The first kappa shape index (κ1) is 17.2. The Kier molecular flexibility index (Phi) is 4.53. The molecule has 1 saturated heterocycles. The summed E-state index contributed by atoms with van der Waals surface area (Å²) in [6, 6.07) is 4.89. The number of carbonyl (C=O) groups is 3. The predicted octanol–water partition coefficient (Wildman–Crippen LogP) is 2.48. The average molecular weight is 356 g/mol. The van der Waals surface area contributed by atoms with E-state index in [1.54, 1.807) is 30.2 Å². The van der Waals surface area contributed by atoms with E-state index in [9.17, 15) is 14.4 Å². The van der Waals surface area contributed by atoms with Crippen molar-refractivity contribution in [3.63, 3.8) is 0 Å². The van der Waals surface area contributed by atoms with Gasteiger partial charge < -0.3 is 9.64 Å². The molecular weight excluding hydrogens is 332 g/mol. The van der Waals surface area contributed by atoms with Gasteiger partial charge in [0, 0.05) is 31.8 Å². The monoisotopic (exact) mass is 356 g/mol. The molecule has 1 unspecified atom stereocenters. The second-order valence-electron chi connectivity index (χ2n) is 7.43. The van der Waals surface area contributed by atoms with Crippen LogP contribution in [0.3, 0.4) is 0 Å². The van der Waals surface area contributed by atoms with Crippen LogP contribution in [0.15, 0.2) is 18.2 Å². The molecule has 0 aromatic heterocycles. The third-order valence-electron chi connectivity index (χ3n) is 5.87. The first-order valence-corrected chi connectivity index (χ1v) is 9.44. The highest BCUT2D eigenvalue weighted by Crippen LogP contribution is 2.31. The summed E-state index contributed by atoms with van der Waals surface area (Å²) in [4.78, 5) is 41.5. The summed E-state index contributed by atoms with van der Waals surface area (Å²) in [6.45, 7) is 1.21. The van der Waals surface area contributed by atoms with Gasteiger partial charge in [0.1, 0.15) is 0 Å². The van der Waals surface area contributed by atoms with E-state index in [0.717, 1.165) is 38.5 Å². The summed E-state index contributed by atoms with van der Waals surface area (Å²) in [5.74, 6) is -0.567.